The molecule has 0 saturated carbocycles. The molecule has 0 aromatic rings. The summed E-state index contributed by atoms with van der Waals surface area (Å²) in [6.07, 6.45) is 5.15. The van der Waals surface area contributed by atoms with E-state index in [1.807, 2.05) is 0 Å². The number of rotatable bonds is 7. The molecule has 1 heterocycles. The van der Waals surface area contributed by atoms with Crippen molar-refractivity contribution in [3.05, 3.63) is 0 Å². The Morgan fingerprint density at radius 1 is 1.50 bits per heavy atom. The number of hydrogen-bond donors (Lipinski definition) is 1. The Morgan fingerprint density at radius 3 is 2.88 bits per heavy atom. The maximum absolute atomic E-state index is 5.52. The topological polar surface area (TPSA) is 12.5 Å². The van der Waals surface area contributed by atoms with Gasteiger partial charge in [-0.1, -0.05) is 13.3 Å². The molecule has 3 heteroatoms. The lowest BCUT2D eigenvalue weighted by Crippen LogP contribution is -2.34. The second kappa shape index (κ2) is 8.37. The van der Waals surface area contributed by atoms with E-state index in [-0.39, 0.29) is 0 Å². The van der Waals surface area contributed by atoms with Crippen LogP contribution in [0.25, 0.3) is 0 Å². The molecule has 0 amide bonds. The summed E-state index contributed by atoms with van der Waals surface area (Å²) < 4.78 is 5.52. The van der Waals surface area contributed by atoms with Crippen LogP contribution in [-0.4, -0.2) is 44.0 Å². The van der Waals surface area contributed by atoms with Gasteiger partial charge in [0.25, 0.3) is 0 Å². The second-order valence-electron chi connectivity index (χ2n) is 5.14. The van der Waals surface area contributed by atoms with Crippen molar-refractivity contribution in [2.45, 2.75) is 32.6 Å². The van der Waals surface area contributed by atoms with E-state index in [9.17, 15) is 0 Å². The van der Waals surface area contributed by atoms with Gasteiger partial charge in [-0.3, -0.25) is 0 Å². The van der Waals surface area contributed by atoms with E-state index >= 15 is 0 Å². The smallest absolute Gasteiger partial charge is 0.0506 e. The Kier molecular flexibility index (Phi) is 7.50. The molecule has 2 nitrogen and oxygen atoms in total. The van der Waals surface area contributed by atoms with E-state index < -0.39 is 0 Å². The van der Waals surface area contributed by atoms with Crippen molar-refractivity contribution in [2.75, 3.05) is 39.1 Å². The summed E-state index contributed by atoms with van der Waals surface area (Å²) in [5, 5.41) is 0. The molecule has 0 N–H and O–H groups in total. The third-order valence-corrected chi connectivity index (χ3v) is 3.87. The molecule has 1 saturated heterocycles. The van der Waals surface area contributed by atoms with Crippen molar-refractivity contribution in [3.63, 3.8) is 0 Å². The van der Waals surface area contributed by atoms with Gasteiger partial charge in [-0.25, -0.2) is 0 Å². The molecule has 0 aliphatic carbocycles. The number of ether oxygens (including phenoxy) is 1. The van der Waals surface area contributed by atoms with Gasteiger partial charge in [0.05, 0.1) is 6.61 Å². The van der Waals surface area contributed by atoms with Gasteiger partial charge in [-0.2, -0.15) is 12.6 Å². The summed E-state index contributed by atoms with van der Waals surface area (Å²) >= 11 is 4.44. The molecule has 96 valence electrons. The van der Waals surface area contributed by atoms with Crippen LogP contribution in [0.2, 0.25) is 0 Å². The van der Waals surface area contributed by atoms with E-state index in [0.29, 0.717) is 0 Å². The Labute approximate surface area is 106 Å². The third-order valence-electron chi connectivity index (χ3n) is 3.35. The molecule has 0 spiro atoms. The summed E-state index contributed by atoms with van der Waals surface area (Å²) in [4.78, 5) is 2.47. The lowest BCUT2D eigenvalue weighted by atomic mass is 10.0. The fraction of sp³-hybridized carbons (Fsp3) is 1.00. The largest absolute Gasteiger partial charge is 0.381 e. The van der Waals surface area contributed by atoms with Gasteiger partial charge >= 0.3 is 0 Å². The zero-order chi connectivity index (χ0) is 11.8. The Hall–Kier alpha value is 0.270. The molecular weight excluding hydrogens is 218 g/mol. The van der Waals surface area contributed by atoms with Crippen LogP contribution in [0.3, 0.4) is 0 Å². The molecule has 0 aromatic carbocycles. The first kappa shape index (κ1) is 14.3. The normalized spacial score (nSPS) is 23.6. The number of hydrogen-bond acceptors (Lipinski definition) is 3. The van der Waals surface area contributed by atoms with Crippen molar-refractivity contribution in [1.29, 1.82) is 0 Å². The summed E-state index contributed by atoms with van der Waals surface area (Å²) in [5.74, 6) is 2.52. The van der Waals surface area contributed by atoms with E-state index in [2.05, 4.69) is 31.5 Å². The minimum absolute atomic E-state index is 0.751. The van der Waals surface area contributed by atoms with E-state index in [4.69, 9.17) is 4.74 Å². The van der Waals surface area contributed by atoms with Crippen LogP contribution in [0.1, 0.15) is 32.6 Å². The van der Waals surface area contributed by atoms with Crippen molar-refractivity contribution < 1.29 is 4.74 Å². The maximum Gasteiger partial charge on any atom is 0.0506 e. The predicted molar refractivity (Wildman–Crippen MR) is 73.3 cm³/mol. The van der Waals surface area contributed by atoms with Crippen LogP contribution >= 0.6 is 12.6 Å². The van der Waals surface area contributed by atoms with Crippen LogP contribution in [0.4, 0.5) is 0 Å². The van der Waals surface area contributed by atoms with E-state index in [1.165, 1.54) is 38.8 Å². The highest BCUT2D eigenvalue weighted by atomic mass is 32.1. The highest BCUT2D eigenvalue weighted by Crippen LogP contribution is 2.16. The van der Waals surface area contributed by atoms with Gasteiger partial charge < -0.3 is 9.64 Å². The standard InChI is InChI=1S/C13H27NOS/c1-3-5-13(11-16)9-14(2)8-12-6-4-7-15-10-12/h12-13,16H,3-11H2,1-2H3. The van der Waals surface area contributed by atoms with Gasteiger partial charge in [0, 0.05) is 19.7 Å². The average Bonchev–Trinajstić information content (AvgIpc) is 2.29. The van der Waals surface area contributed by atoms with Crippen LogP contribution in [-0.2, 0) is 4.74 Å². The van der Waals surface area contributed by atoms with Gasteiger partial charge in [0.2, 0.25) is 0 Å². The fourth-order valence-electron chi connectivity index (χ4n) is 2.56. The van der Waals surface area contributed by atoms with Crippen molar-refractivity contribution in [3.8, 4) is 0 Å². The van der Waals surface area contributed by atoms with Crippen molar-refractivity contribution in [2.24, 2.45) is 11.8 Å². The molecule has 16 heavy (non-hydrogen) atoms. The molecule has 0 aromatic heterocycles. The monoisotopic (exact) mass is 245 g/mol. The van der Waals surface area contributed by atoms with Crippen molar-refractivity contribution in [1.82, 2.24) is 4.90 Å². The fourth-order valence-corrected chi connectivity index (χ4v) is 2.85. The molecule has 1 fully saturated rings. The van der Waals surface area contributed by atoms with Gasteiger partial charge in [-0.15, -0.1) is 0 Å². The molecular formula is C13H27NOS. The highest BCUT2D eigenvalue weighted by Gasteiger charge is 2.17. The molecule has 2 atom stereocenters. The summed E-state index contributed by atoms with van der Waals surface area (Å²) in [6, 6.07) is 0. The molecule has 1 aliphatic rings. The number of thiol groups is 1. The molecule has 0 bridgehead atoms. The highest BCUT2D eigenvalue weighted by molar-refractivity contribution is 7.80. The van der Waals surface area contributed by atoms with Crippen molar-refractivity contribution >= 4 is 12.6 Å². The van der Waals surface area contributed by atoms with Crippen LogP contribution in [0, 0.1) is 11.8 Å². The first-order chi connectivity index (χ1) is 7.76. The average molecular weight is 245 g/mol. The third kappa shape index (κ3) is 5.55. The number of nitrogens with zero attached hydrogens (tertiary/aromatic N) is 1. The molecule has 2 unspecified atom stereocenters. The molecule has 0 radical (unpaired) electrons. The summed E-state index contributed by atoms with van der Waals surface area (Å²) in [6.45, 7) is 6.56. The van der Waals surface area contributed by atoms with E-state index in [0.717, 1.165) is 30.8 Å². The maximum atomic E-state index is 5.52. The minimum atomic E-state index is 0.751. The zero-order valence-electron chi connectivity index (χ0n) is 10.8. The first-order valence-corrected chi connectivity index (χ1v) is 7.26. The first-order valence-electron chi connectivity index (χ1n) is 6.63. The minimum Gasteiger partial charge on any atom is -0.381 e. The Bertz CT molecular complexity index is 165. The Balaban J connectivity index is 2.19. The van der Waals surface area contributed by atoms with Crippen LogP contribution < -0.4 is 0 Å². The van der Waals surface area contributed by atoms with E-state index in [1.54, 1.807) is 0 Å². The lowest BCUT2D eigenvalue weighted by Gasteiger charge is -2.29. The van der Waals surface area contributed by atoms with Gasteiger partial charge in [-0.05, 0) is 43.9 Å². The van der Waals surface area contributed by atoms with Gasteiger partial charge in [0.1, 0.15) is 0 Å². The summed E-state index contributed by atoms with van der Waals surface area (Å²) in [5.41, 5.74) is 0. The Morgan fingerprint density at radius 2 is 2.31 bits per heavy atom. The molecule has 1 rings (SSSR count). The quantitative estimate of drug-likeness (QED) is 0.692. The SMILES string of the molecule is CCCC(CS)CN(C)CC1CCCOC1. The van der Waals surface area contributed by atoms with Gasteiger partial charge in [0.15, 0.2) is 0 Å². The van der Waals surface area contributed by atoms with Crippen LogP contribution in [0.5, 0.6) is 0 Å². The second-order valence-corrected chi connectivity index (χ2v) is 5.51. The predicted octanol–water partition coefficient (Wildman–Crippen LogP) is 2.69. The zero-order valence-corrected chi connectivity index (χ0v) is 11.7. The lowest BCUT2D eigenvalue weighted by molar-refractivity contribution is 0.0404. The molecule has 1 aliphatic heterocycles. The summed E-state index contributed by atoms with van der Waals surface area (Å²) in [7, 11) is 2.24. The van der Waals surface area contributed by atoms with Crippen LogP contribution in [0.15, 0.2) is 0 Å².